The van der Waals surface area contributed by atoms with Gasteiger partial charge in [0.2, 0.25) is 5.82 Å². The molecule has 0 radical (unpaired) electrons. The number of H-pyrrole nitrogens is 1. The van der Waals surface area contributed by atoms with Crippen LogP contribution in [0.5, 0.6) is 0 Å². The predicted octanol–water partition coefficient (Wildman–Crippen LogP) is 2.97. The molecule has 1 aromatic heterocycles. The number of nitrogens with zero attached hydrogens (tertiary/aromatic N) is 3. The lowest BCUT2D eigenvalue weighted by Gasteiger charge is -2.31. The van der Waals surface area contributed by atoms with Gasteiger partial charge in [-0.2, -0.15) is 0 Å². The van der Waals surface area contributed by atoms with Crippen LogP contribution in [0.3, 0.4) is 0 Å². The Morgan fingerprint density at radius 3 is 2.50 bits per heavy atom. The van der Waals surface area contributed by atoms with E-state index in [0.29, 0.717) is 17.7 Å². The minimum Gasteiger partial charge on any atom is -0.333 e. The first-order valence-corrected chi connectivity index (χ1v) is 7.80. The van der Waals surface area contributed by atoms with Crippen LogP contribution in [0.4, 0.5) is 0 Å². The molecular formula is C15H26N4O. The lowest BCUT2D eigenvalue weighted by atomic mass is 10.1. The number of hydrogen-bond donors (Lipinski definition) is 1. The maximum Gasteiger partial charge on any atom is 0.293 e. The molecule has 5 nitrogen and oxygen atoms in total. The molecule has 0 unspecified atom stereocenters. The number of carbonyl (C=O) groups excluding carboxylic acids is 1. The molecule has 0 aliphatic heterocycles. The first kappa shape index (κ1) is 15.0. The van der Waals surface area contributed by atoms with Gasteiger partial charge < -0.3 is 4.90 Å². The van der Waals surface area contributed by atoms with Crippen molar-refractivity contribution < 1.29 is 4.79 Å². The molecule has 1 saturated carbocycles. The highest BCUT2D eigenvalue weighted by atomic mass is 16.2. The summed E-state index contributed by atoms with van der Waals surface area (Å²) in [5.41, 5.74) is 0. The molecule has 0 atom stereocenters. The van der Waals surface area contributed by atoms with Crippen LogP contribution in [-0.4, -0.2) is 38.6 Å². The van der Waals surface area contributed by atoms with E-state index in [4.69, 9.17) is 0 Å². The van der Waals surface area contributed by atoms with E-state index in [1.54, 1.807) is 0 Å². The number of aromatic amines is 1. The Labute approximate surface area is 121 Å². The molecule has 20 heavy (non-hydrogen) atoms. The lowest BCUT2D eigenvalue weighted by molar-refractivity contribution is 0.0628. The quantitative estimate of drug-likeness (QED) is 0.834. The summed E-state index contributed by atoms with van der Waals surface area (Å²) < 4.78 is 0. The number of amides is 1. The number of hydrogen-bond acceptors (Lipinski definition) is 3. The van der Waals surface area contributed by atoms with Gasteiger partial charge in [-0.1, -0.05) is 27.7 Å². The van der Waals surface area contributed by atoms with Gasteiger partial charge in [-0.15, -0.1) is 5.10 Å². The van der Waals surface area contributed by atoms with E-state index < -0.39 is 0 Å². The van der Waals surface area contributed by atoms with Gasteiger partial charge >= 0.3 is 0 Å². The highest BCUT2D eigenvalue weighted by Crippen LogP contribution is 2.37. The van der Waals surface area contributed by atoms with Gasteiger partial charge in [0.15, 0.2) is 0 Å². The van der Waals surface area contributed by atoms with Crippen LogP contribution in [0, 0.1) is 5.92 Å². The van der Waals surface area contributed by atoms with Crippen molar-refractivity contribution in [2.24, 2.45) is 5.92 Å². The summed E-state index contributed by atoms with van der Waals surface area (Å²) in [6.07, 6.45) is 4.25. The third-order valence-electron chi connectivity index (χ3n) is 3.86. The van der Waals surface area contributed by atoms with Crippen LogP contribution >= 0.6 is 0 Å². The molecule has 2 rings (SSSR count). The van der Waals surface area contributed by atoms with Gasteiger partial charge in [-0.3, -0.25) is 9.89 Å². The predicted molar refractivity (Wildman–Crippen MR) is 78.6 cm³/mol. The van der Waals surface area contributed by atoms with E-state index in [1.807, 2.05) is 4.90 Å². The second-order valence-electron chi connectivity index (χ2n) is 6.14. The number of rotatable bonds is 7. The van der Waals surface area contributed by atoms with Crippen molar-refractivity contribution in [1.29, 1.82) is 0 Å². The van der Waals surface area contributed by atoms with Crippen molar-refractivity contribution in [1.82, 2.24) is 20.1 Å². The zero-order valence-corrected chi connectivity index (χ0v) is 13.0. The number of nitrogens with one attached hydrogen (secondary N) is 1. The SMILES string of the molecule is CCC(CC)N(CC(C)C)C(=O)c1n[nH]c(C2CC2)n1. The Balaban J connectivity index is 2.14. The van der Waals surface area contributed by atoms with Gasteiger partial charge in [-0.05, 0) is 31.6 Å². The number of aromatic nitrogens is 3. The van der Waals surface area contributed by atoms with Gasteiger partial charge in [0.05, 0.1) is 0 Å². The molecule has 1 N–H and O–H groups in total. The first-order chi connectivity index (χ1) is 9.56. The molecule has 1 aliphatic rings. The molecule has 1 amide bonds. The van der Waals surface area contributed by atoms with Crippen molar-refractivity contribution >= 4 is 5.91 Å². The lowest BCUT2D eigenvalue weighted by Crippen LogP contribution is -2.42. The third kappa shape index (κ3) is 3.38. The van der Waals surface area contributed by atoms with Crippen molar-refractivity contribution in [2.45, 2.75) is 65.3 Å². The highest BCUT2D eigenvalue weighted by Gasteiger charge is 2.30. The molecule has 0 bridgehead atoms. The Bertz CT molecular complexity index is 446. The molecule has 1 fully saturated rings. The van der Waals surface area contributed by atoms with Crippen LogP contribution in [-0.2, 0) is 0 Å². The Hall–Kier alpha value is -1.39. The van der Waals surface area contributed by atoms with Crippen LogP contribution in [0.2, 0.25) is 0 Å². The molecule has 1 aromatic rings. The molecular weight excluding hydrogens is 252 g/mol. The van der Waals surface area contributed by atoms with Gasteiger partial charge in [0.25, 0.3) is 5.91 Å². The fourth-order valence-electron chi connectivity index (χ4n) is 2.56. The summed E-state index contributed by atoms with van der Waals surface area (Å²) in [5.74, 6) is 2.12. The van der Waals surface area contributed by atoms with Crippen LogP contribution < -0.4 is 0 Å². The third-order valence-corrected chi connectivity index (χ3v) is 3.86. The number of carbonyl (C=O) groups is 1. The molecule has 0 aromatic carbocycles. The van der Waals surface area contributed by atoms with Crippen LogP contribution in [0.25, 0.3) is 0 Å². The summed E-state index contributed by atoms with van der Waals surface area (Å²) in [6, 6.07) is 0.271. The second-order valence-corrected chi connectivity index (χ2v) is 6.14. The van der Waals surface area contributed by atoms with Crippen LogP contribution in [0.15, 0.2) is 0 Å². The van der Waals surface area contributed by atoms with Crippen molar-refractivity contribution in [2.75, 3.05) is 6.54 Å². The molecule has 1 heterocycles. The van der Waals surface area contributed by atoms with E-state index in [1.165, 1.54) is 0 Å². The smallest absolute Gasteiger partial charge is 0.293 e. The average Bonchev–Trinajstić information content (AvgIpc) is 3.15. The van der Waals surface area contributed by atoms with Crippen molar-refractivity contribution in [3.63, 3.8) is 0 Å². The monoisotopic (exact) mass is 278 g/mol. The largest absolute Gasteiger partial charge is 0.333 e. The fraction of sp³-hybridized carbons (Fsp3) is 0.800. The van der Waals surface area contributed by atoms with E-state index >= 15 is 0 Å². The molecule has 0 saturated heterocycles. The van der Waals surface area contributed by atoms with Crippen LogP contribution in [0.1, 0.15) is 75.7 Å². The maximum atomic E-state index is 12.7. The Kier molecular flexibility index (Phi) is 4.78. The van der Waals surface area contributed by atoms with Crippen molar-refractivity contribution in [3.05, 3.63) is 11.6 Å². The van der Waals surface area contributed by atoms with E-state index in [9.17, 15) is 4.79 Å². The summed E-state index contributed by atoms with van der Waals surface area (Å²) >= 11 is 0. The molecule has 5 heteroatoms. The summed E-state index contributed by atoms with van der Waals surface area (Å²) in [4.78, 5) is 19.0. The fourth-order valence-corrected chi connectivity index (χ4v) is 2.56. The van der Waals surface area contributed by atoms with Gasteiger partial charge in [0, 0.05) is 18.5 Å². The minimum atomic E-state index is -0.0319. The summed E-state index contributed by atoms with van der Waals surface area (Å²) in [5, 5.41) is 7.05. The van der Waals surface area contributed by atoms with Crippen molar-refractivity contribution in [3.8, 4) is 0 Å². The molecule has 1 aliphatic carbocycles. The second kappa shape index (κ2) is 6.37. The van der Waals surface area contributed by atoms with E-state index in [-0.39, 0.29) is 11.9 Å². The van der Waals surface area contributed by atoms with Gasteiger partial charge in [-0.25, -0.2) is 4.98 Å². The normalized spacial score (nSPS) is 15.1. The maximum absolute atomic E-state index is 12.7. The Morgan fingerprint density at radius 1 is 1.35 bits per heavy atom. The van der Waals surface area contributed by atoms with E-state index in [0.717, 1.165) is 38.1 Å². The topological polar surface area (TPSA) is 61.9 Å². The average molecular weight is 278 g/mol. The molecule has 112 valence electrons. The summed E-state index contributed by atoms with van der Waals surface area (Å²) in [7, 11) is 0. The minimum absolute atomic E-state index is 0.0319. The van der Waals surface area contributed by atoms with Gasteiger partial charge in [0.1, 0.15) is 5.82 Å². The molecule has 0 spiro atoms. The highest BCUT2D eigenvalue weighted by molar-refractivity contribution is 5.90. The zero-order valence-electron chi connectivity index (χ0n) is 13.0. The summed E-state index contributed by atoms with van der Waals surface area (Å²) in [6.45, 7) is 9.29. The first-order valence-electron chi connectivity index (χ1n) is 7.80. The van der Waals surface area contributed by atoms with E-state index in [2.05, 4.69) is 42.9 Å². The standard InChI is InChI=1S/C15H26N4O/c1-5-12(6-2)19(9-10(3)4)15(20)14-16-13(17-18-14)11-7-8-11/h10-12H,5-9H2,1-4H3,(H,16,17,18). The zero-order chi connectivity index (χ0) is 14.7. The Morgan fingerprint density at radius 2 is 2.00 bits per heavy atom.